The third-order valence-corrected chi connectivity index (χ3v) is 5.10. The Balaban J connectivity index is 1.86. The molecule has 0 bridgehead atoms. The number of fused-ring (bicyclic) bond motifs is 1. The number of rotatable bonds is 6. The second kappa shape index (κ2) is 8.78. The van der Waals surface area contributed by atoms with Crippen molar-refractivity contribution in [2.24, 2.45) is 5.11 Å². The van der Waals surface area contributed by atoms with Crippen molar-refractivity contribution in [1.82, 2.24) is 9.88 Å². The zero-order chi connectivity index (χ0) is 22.8. The summed E-state index contributed by atoms with van der Waals surface area (Å²) in [6, 6.07) is 5.36. The SMILES string of the molecule is COCC(C)(N=[N+]=[N-])c1ccc(OC2CN(C(=O)OC(C)(C)C)C2)c2cnc(Cl)cc12. The quantitative estimate of drug-likeness (QED) is 0.266. The van der Waals surface area contributed by atoms with Gasteiger partial charge in [-0.05, 0) is 56.3 Å². The van der Waals surface area contributed by atoms with E-state index < -0.39 is 11.1 Å². The van der Waals surface area contributed by atoms with E-state index in [9.17, 15) is 4.79 Å². The van der Waals surface area contributed by atoms with Gasteiger partial charge in [0.15, 0.2) is 0 Å². The molecule has 0 N–H and O–H groups in total. The molecule has 0 saturated carbocycles. The van der Waals surface area contributed by atoms with E-state index in [0.29, 0.717) is 24.0 Å². The van der Waals surface area contributed by atoms with Crippen molar-refractivity contribution in [2.45, 2.75) is 44.9 Å². The molecule has 1 unspecified atom stereocenters. The number of hydrogen-bond acceptors (Lipinski definition) is 6. The molecular weight excluding hydrogens is 422 g/mol. The van der Waals surface area contributed by atoms with E-state index in [1.807, 2.05) is 32.9 Å². The Bertz CT molecular complexity index is 1030. The lowest BCUT2D eigenvalue weighted by molar-refractivity contribution is -0.0217. The molecule has 1 amide bonds. The molecule has 2 heterocycles. The molecule has 1 aliphatic heterocycles. The van der Waals surface area contributed by atoms with Gasteiger partial charge in [0.1, 0.15) is 22.6 Å². The van der Waals surface area contributed by atoms with Crippen molar-refractivity contribution < 1.29 is 19.0 Å². The first-order chi connectivity index (χ1) is 14.6. The highest BCUT2D eigenvalue weighted by molar-refractivity contribution is 6.30. The standard InChI is InChI=1S/C21H26ClN5O4/c1-20(2,3)31-19(28)27-10-13(11-27)30-17-7-6-16(21(4,12-29-5)25-26-23)14-8-18(22)24-9-15(14)17/h6-9,13H,10-12H2,1-5H3. The van der Waals surface area contributed by atoms with Crippen molar-refractivity contribution in [3.05, 3.63) is 45.6 Å². The summed E-state index contributed by atoms with van der Waals surface area (Å²) in [6.07, 6.45) is 1.11. The number of carbonyl (C=O) groups excluding carboxylic acids is 1. The van der Waals surface area contributed by atoms with Gasteiger partial charge in [0, 0.05) is 23.6 Å². The molecule has 31 heavy (non-hydrogen) atoms. The van der Waals surface area contributed by atoms with Crippen LogP contribution in [0.25, 0.3) is 21.2 Å². The van der Waals surface area contributed by atoms with E-state index in [0.717, 1.165) is 16.3 Å². The molecule has 0 radical (unpaired) electrons. The third-order valence-electron chi connectivity index (χ3n) is 4.89. The lowest BCUT2D eigenvalue weighted by Gasteiger charge is -2.39. The van der Waals surface area contributed by atoms with Crippen molar-refractivity contribution in [3.63, 3.8) is 0 Å². The minimum Gasteiger partial charge on any atom is -0.486 e. The Hall–Kier alpha value is -2.74. The number of azide groups is 1. The highest BCUT2D eigenvalue weighted by atomic mass is 35.5. The Morgan fingerprint density at radius 2 is 2.03 bits per heavy atom. The number of ether oxygens (including phenoxy) is 3. The Labute approximate surface area is 185 Å². The van der Waals surface area contributed by atoms with E-state index >= 15 is 0 Å². The summed E-state index contributed by atoms with van der Waals surface area (Å²) >= 11 is 6.15. The molecule has 0 spiro atoms. The molecule has 1 aromatic carbocycles. The fourth-order valence-corrected chi connectivity index (χ4v) is 3.63. The molecule has 1 aromatic heterocycles. The van der Waals surface area contributed by atoms with Crippen LogP contribution in [0.15, 0.2) is 29.5 Å². The average Bonchev–Trinajstić information content (AvgIpc) is 2.62. The zero-order valence-electron chi connectivity index (χ0n) is 18.3. The molecule has 0 aliphatic carbocycles. The second-order valence-corrected chi connectivity index (χ2v) is 9.07. The van der Waals surface area contributed by atoms with Crippen LogP contribution in [0.2, 0.25) is 5.15 Å². The summed E-state index contributed by atoms with van der Waals surface area (Å²) < 4.78 is 16.8. The smallest absolute Gasteiger partial charge is 0.410 e. The van der Waals surface area contributed by atoms with Crippen molar-refractivity contribution in [3.8, 4) is 5.75 Å². The van der Waals surface area contributed by atoms with E-state index in [-0.39, 0.29) is 18.8 Å². The van der Waals surface area contributed by atoms with Crippen LogP contribution in [0.1, 0.15) is 33.3 Å². The van der Waals surface area contributed by atoms with Crippen LogP contribution in [0, 0.1) is 0 Å². The summed E-state index contributed by atoms with van der Waals surface area (Å²) in [7, 11) is 1.55. The van der Waals surface area contributed by atoms with Crippen LogP contribution >= 0.6 is 11.6 Å². The molecule has 3 rings (SSSR count). The maximum absolute atomic E-state index is 12.1. The first-order valence-corrected chi connectivity index (χ1v) is 10.2. The second-order valence-electron chi connectivity index (χ2n) is 8.69. The summed E-state index contributed by atoms with van der Waals surface area (Å²) in [5, 5.41) is 5.76. The number of halogens is 1. The summed E-state index contributed by atoms with van der Waals surface area (Å²) in [6.45, 7) is 8.34. The van der Waals surface area contributed by atoms with Gasteiger partial charge in [0.2, 0.25) is 0 Å². The lowest BCUT2D eigenvalue weighted by atomic mass is 9.89. The third kappa shape index (κ3) is 5.12. The van der Waals surface area contributed by atoms with Gasteiger partial charge in [-0.25, -0.2) is 9.78 Å². The van der Waals surface area contributed by atoms with Gasteiger partial charge in [0.25, 0.3) is 0 Å². The van der Waals surface area contributed by atoms with E-state index in [1.165, 1.54) is 0 Å². The average molecular weight is 448 g/mol. The van der Waals surface area contributed by atoms with Gasteiger partial charge in [-0.3, -0.25) is 0 Å². The minimum absolute atomic E-state index is 0.167. The van der Waals surface area contributed by atoms with Gasteiger partial charge in [-0.1, -0.05) is 22.8 Å². The van der Waals surface area contributed by atoms with Gasteiger partial charge in [0.05, 0.1) is 25.2 Å². The Morgan fingerprint density at radius 1 is 1.32 bits per heavy atom. The highest BCUT2D eigenvalue weighted by Gasteiger charge is 2.36. The molecule has 1 saturated heterocycles. The number of benzene rings is 1. The maximum Gasteiger partial charge on any atom is 0.410 e. The maximum atomic E-state index is 12.1. The van der Waals surface area contributed by atoms with Crippen LogP contribution in [-0.4, -0.2) is 54.5 Å². The first kappa shape index (κ1) is 22.9. The zero-order valence-corrected chi connectivity index (χ0v) is 19.0. The van der Waals surface area contributed by atoms with E-state index in [4.69, 9.17) is 31.3 Å². The normalized spacial score (nSPS) is 16.3. The van der Waals surface area contributed by atoms with Gasteiger partial charge < -0.3 is 19.1 Å². The number of hydrogen-bond donors (Lipinski definition) is 0. The van der Waals surface area contributed by atoms with Crippen molar-refractivity contribution in [2.75, 3.05) is 26.8 Å². The predicted octanol–water partition coefficient (Wildman–Crippen LogP) is 5.06. The minimum atomic E-state index is -0.936. The largest absolute Gasteiger partial charge is 0.486 e. The van der Waals surface area contributed by atoms with Gasteiger partial charge in [-0.2, -0.15) is 0 Å². The van der Waals surface area contributed by atoms with Crippen molar-refractivity contribution >= 4 is 28.5 Å². The molecular formula is C21H26ClN5O4. The monoisotopic (exact) mass is 447 g/mol. The lowest BCUT2D eigenvalue weighted by Crippen LogP contribution is -2.57. The van der Waals surface area contributed by atoms with Crippen LogP contribution in [-0.2, 0) is 15.0 Å². The summed E-state index contributed by atoms with van der Waals surface area (Å²) in [4.78, 5) is 20.9. The fraction of sp³-hybridized carbons (Fsp3) is 0.524. The number of nitrogens with zero attached hydrogens (tertiary/aromatic N) is 5. The van der Waals surface area contributed by atoms with Crippen molar-refractivity contribution in [1.29, 1.82) is 0 Å². The van der Waals surface area contributed by atoms with Crippen LogP contribution in [0.3, 0.4) is 0 Å². The fourth-order valence-electron chi connectivity index (χ4n) is 3.47. The van der Waals surface area contributed by atoms with Crippen LogP contribution in [0.5, 0.6) is 5.75 Å². The van der Waals surface area contributed by atoms with Crippen LogP contribution in [0.4, 0.5) is 4.79 Å². The molecule has 10 heteroatoms. The Kier molecular flexibility index (Phi) is 6.50. The van der Waals surface area contributed by atoms with Gasteiger partial charge >= 0.3 is 6.09 Å². The molecule has 1 aliphatic rings. The topological polar surface area (TPSA) is 110 Å². The summed E-state index contributed by atoms with van der Waals surface area (Å²) in [5.41, 5.74) is 8.34. The number of methoxy groups -OCH3 is 1. The number of likely N-dealkylation sites (tertiary alicyclic amines) is 1. The highest BCUT2D eigenvalue weighted by Crippen LogP contribution is 2.38. The molecule has 166 valence electrons. The van der Waals surface area contributed by atoms with E-state index in [1.54, 1.807) is 31.2 Å². The number of aromatic nitrogens is 1. The molecule has 1 atom stereocenters. The molecule has 1 fully saturated rings. The summed E-state index contributed by atoms with van der Waals surface area (Å²) in [5.74, 6) is 0.609. The first-order valence-electron chi connectivity index (χ1n) is 9.85. The number of carbonyl (C=O) groups is 1. The molecule has 2 aromatic rings. The van der Waals surface area contributed by atoms with Gasteiger partial charge in [-0.15, -0.1) is 0 Å². The predicted molar refractivity (Wildman–Crippen MR) is 117 cm³/mol. The number of pyridine rings is 1. The van der Waals surface area contributed by atoms with Crippen LogP contribution < -0.4 is 4.74 Å². The van der Waals surface area contributed by atoms with E-state index in [2.05, 4.69) is 15.0 Å². The molecule has 9 nitrogen and oxygen atoms in total. The Morgan fingerprint density at radius 3 is 2.65 bits per heavy atom. The number of amides is 1.